The Bertz CT molecular complexity index is 582. The summed E-state index contributed by atoms with van der Waals surface area (Å²) < 4.78 is 39.6. The number of piperidine rings is 1. The van der Waals surface area contributed by atoms with Crippen molar-refractivity contribution in [3.05, 3.63) is 30.1 Å². The summed E-state index contributed by atoms with van der Waals surface area (Å²) in [5.74, 6) is -0.415. The van der Waals surface area contributed by atoms with E-state index in [-0.39, 0.29) is 4.90 Å². The molecule has 1 aromatic carbocycles. The lowest BCUT2D eigenvalue weighted by molar-refractivity contribution is 0.169. The van der Waals surface area contributed by atoms with E-state index in [2.05, 4.69) is 4.90 Å². The van der Waals surface area contributed by atoms with E-state index in [1.165, 1.54) is 43.5 Å². The van der Waals surface area contributed by atoms with Crippen LogP contribution >= 0.6 is 0 Å². The van der Waals surface area contributed by atoms with Crippen LogP contribution in [0.3, 0.4) is 0 Å². The summed E-state index contributed by atoms with van der Waals surface area (Å²) in [4.78, 5) is 2.60. The topological polar surface area (TPSA) is 40.6 Å². The highest BCUT2D eigenvalue weighted by atomic mass is 32.2. The normalized spacial score (nSPS) is 25.3. The van der Waals surface area contributed by atoms with Gasteiger partial charge in [-0.05, 0) is 56.6 Å². The third-order valence-electron chi connectivity index (χ3n) is 4.48. The van der Waals surface area contributed by atoms with Gasteiger partial charge in [0, 0.05) is 19.1 Å². The first kappa shape index (κ1) is 14.9. The van der Waals surface area contributed by atoms with Gasteiger partial charge in [0.1, 0.15) is 5.82 Å². The van der Waals surface area contributed by atoms with Crippen LogP contribution in [-0.4, -0.2) is 49.8 Å². The molecule has 2 saturated heterocycles. The second-order valence-electron chi connectivity index (χ2n) is 5.86. The highest BCUT2D eigenvalue weighted by Gasteiger charge is 2.35. The molecule has 3 rings (SSSR count). The summed E-state index contributed by atoms with van der Waals surface area (Å²) in [5, 5.41) is 0. The van der Waals surface area contributed by atoms with E-state index >= 15 is 0 Å². The zero-order valence-corrected chi connectivity index (χ0v) is 12.9. The molecule has 0 aromatic heterocycles. The Morgan fingerprint density at radius 1 is 1.00 bits per heavy atom. The average Bonchev–Trinajstić information content (AvgIpc) is 2.99. The Balaban J connectivity index is 1.71. The quantitative estimate of drug-likeness (QED) is 0.858. The van der Waals surface area contributed by atoms with Crippen LogP contribution in [-0.2, 0) is 10.0 Å². The van der Waals surface area contributed by atoms with Gasteiger partial charge in [0.15, 0.2) is 0 Å². The third-order valence-corrected chi connectivity index (χ3v) is 6.36. The van der Waals surface area contributed by atoms with Gasteiger partial charge in [-0.3, -0.25) is 4.90 Å². The van der Waals surface area contributed by atoms with Gasteiger partial charge in [-0.15, -0.1) is 0 Å². The minimum atomic E-state index is -3.49. The van der Waals surface area contributed by atoms with Gasteiger partial charge in [-0.2, -0.15) is 4.31 Å². The Hall–Kier alpha value is -0.980. The van der Waals surface area contributed by atoms with Gasteiger partial charge < -0.3 is 0 Å². The SMILES string of the molecule is O=S(=O)(c1ccc(F)cc1)N1CCC(N2CCCCC2)C1. The second-order valence-corrected chi connectivity index (χ2v) is 7.79. The Morgan fingerprint density at radius 2 is 1.67 bits per heavy atom. The molecular weight excluding hydrogens is 291 g/mol. The smallest absolute Gasteiger partial charge is 0.243 e. The number of sulfonamides is 1. The molecule has 0 aliphatic carbocycles. The van der Waals surface area contributed by atoms with Crippen LogP contribution in [0.5, 0.6) is 0 Å². The van der Waals surface area contributed by atoms with Gasteiger partial charge >= 0.3 is 0 Å². The molecule has 2 aliphatic rings. The van der Waals surface area contributed by atoms with Crippen LogP contribution in [0.4, 0.5) is 4.39 Å². The van der Waals surface area contributed by atoms with Crippen LogP contribution in [0.1, 0.15) is 25.7 Å². The molecule has 0 saturated carbocycles. The molecular formula is C15H21FN2O2S. The molecule has 21 heavy (non-hydrogen) atoms. The molecule has 1 atom stereocenters. The molecule has 4 nitrogen and oxygen atoms in total. The van der Waals surface area contributed by atoms with Crippen LogP contribution in [0, 0.1) is 5.82 Å². The van der Waals surface area contributed by atoms with E-state index in [9.17, 15) is 12.8 Å². The van der Waals surface area contributed by atoms with E-state index in [1.54, 1.807) is 4.31 Å². The zero-order chi connectivity index (χ0) is 14.9. The van der Waals surface area contributed by atoms with Crippen molar-refractivity contribution in [2.45, 2.75) is 36.6 Å². The van der Waals surface area contributed by atoms with Crippen LogP contribution in [0.2, 0.25) is 0 Å². The summed E-state index contributed by atoms with van der Waals surface area (Å²) in [6.07, 6.45) is 4.59. The highest BCUT2D eigenvalue weighted by molar-refractivity contribution is 7.89. The summed E-state index contributed by atoms with van der Waals surface area (Å²) in [6, 6.07) is 5.43. The summed E-state index contributed by atoms with van der Waals surface area (Å²) in [7, 11) is -3.49. The lowest BCUT2D eigenvalue weighted by Gasteiger charge is -2.32. The highest BCUT2D eigenvalue weighted by Crippen LogP contribution is 2.25. The number of hydrogen-bond acceptors (Lipinski definition) is 3. The number of likely N-dealkylation sites (tertiary alicyclic amines) is 1. The predicted molar refractivity (Wildman–Crippen MR) is 79.0 cm³/mol. The molecule has 6 heteroatoms. The summed E-state index contributed by atoms with van der Waals surface area (Å²) >= 11 is 0. The largest absolute Gasteiger partial charge is 0.299 e. The van der Waals surface area contributed by atoms with Crippen molar-refractivity contribution in [1.82, 2.24) is 9.21 Å². The Kier molecular flexibility index (Phi) is 4.28. The van der Waals surface area contributed by atoms with E-state index in [0.29, 0.717) is 19.1 Å². The van der Waals surface area contributed by atoms with E-state index in [4.69, 9.17) is 0 Å². The molecule has 0 amide bonds. The molecule has 1 aromatic rings. The maximum Gasteiger partial charge on any atom is 0.243 e. The lowest BCUT2D eigenvalue weighted by Crippen LogP contribution is -2.41. The van der Waals surface area contributed by atoms with Gasteiger partial charge in [-0.25, -0.2) is 12.8 Å². The minimum absolute atomic E-state index is 0.184. The molecule has 0 bridgehead atoms. The van der Waals surface area contributed by atoms with Crippen molar-refractivity contribution < 1.29 is 12.8 Å². The fourth-order valence-corrected chi connectivity index (χ4v) is 4.76. The molecule has 1 unspecified atom stereocenters. The molecule has 2 fully saturated rings. The first-order chi connectivity index (χ1) is 10.1. The Morgan fingerprint density at radius 3 is 2.33 bits per heavy atom. The predicted octanol–water partition coefficient (Wildman–Crippen LogP) is 2.07. The third kappa shape index (κ3) is 3.12. The monoisotopic (exact) mass is 312 g/mol. The second kappa shape index (κ2) is 6.02. The number of rotatable bonds is 3. The van der Waals surface area contributed by atoms with Crippen molar-refractivity contribution in [3.8, 4) is 0 Å². The Labute approximate surface area is 125 Å². The standard InChI is InChI=1S/C15H21FN2O2S/c16-13-4-6-15(7-5-13)21(19,20)18-11-8-14(12-18)17-9-2-1-3-10-17/h4-7,14H,1-3,8-12H2. The number of benzene rings is 1. The zero-order valence-electron chi connectivity index (χ0n) is 12.0. The molecule has 0 spiro atoms. The van der Waals surface area contributed by atoms with Crippen molar-refractivity contribution in [1.29, 1.82) is 0 Å². The number of halogens is 1. The molecule has 116 valence electrons. The van der Waals surface area contributed by atoms with Crippen LogP contribution in [0.15, 0.2) is 29.2 Å². The fourth-order valence-electron chi connectivity index (χ4n) is 3.27. The summed E-state index contributed by atoms with van der Waals surface area (Å²) in [6.45, 7) is 3.27. The molecule has 2 aliphatic heterocycles. The maximum atomic E-state index is 12.9. The van der Waals surface area contributed by atoms with Crippen molar-refractivity contribution >= 4 is 10.0 Å². The van der Waals surface area contributed by atoms with Gasteiger partial charge in [0.2, 0.25) is 10.0 Å². The van der Waals surface area contributed by atoms with Gasteiger partial charge in [0.05, 0.1) is 4.90 Å². The molecule has 0 N–H and O–H groups in total. The van der Waals surface area contributed by atoms with E-state index in [1.807, 2.05) is 0 Å². The number of hydrogen-bond donors (Lipinski definition) is 0. The number of nitrogens with zero attached hydrogens (tertiary/aromatic N) is 2. The minimum Gasteiger partial charge on any atom is -0.299 e. The van der Waals surface area contributed by atoms with Crippen LogP contribution in [0.25, 0.3) is 0 Å². The summed E-state index contributed by atoms with van der Waals surface area (Å²) in [5.41, 5.74) is 0. The van der Waals surface area contributed by atoms with Crippen molar-refractivity contribution in [3.63, 3.8) is 0 Å². The maximum absolute atomic E-state index is 12.9. The van der Waals surface area contributed by atoms with E-state index in [0.717, 1.165) is 19.5 Å². The van der Waals surface area contributed by atoms with Gasteiger partial charge in [-0.1, -0.05) is 6.42 Å². The van der Waals surface area contributed by atoms with Crippen molar-refractivity contribution in [2.75, 3.05) is 26.2 Å². The fraction of sp³-hybridized carbons (Fsp3) is 0.600. The van der Waals surface area contributed by atoms with E-state index < -0.39 is 15.8 Å². The first-order valence-electron chi connectivity index (χ1n) is 7.57. The van der Waals surface area contributed by atoms with Gasteiger partial charge in [0.25, 0.3) is 0 Å². The molecule has 2 heterocycles. The first-order valence-corrected chi connectivity index (χ1v) is 9.01. The lowest BCUT2D eigenvalue weighted by atomic mass is 10.1. The van der Waals surface area contributed by atoms with Crippen LogP contribution < -0.4 is 0 Å². The molecule has 0 radical (unpaired) electrons. The van der Waals surface area contributed by atoms with Crippen molar-refractivity contribution in [2.24, 2.45) is 0 Å². The average molecular weight is 312 g/mol.